The van der Waals surface area contributed by atoms with Crippen LogP contribution in [0.5, 0.6) is 0 Å². The van der Waals surface area contributed by atoms with Crippen molar-refractivity contribution >= 4 is 11.9 Å². The Kier molecular flexibility index (Phi) is 6.67. The lowest BCUT2D eigenvalue weighted by Crippen LogP contribution is -2.45. The summed E-state index contributed by atoms with van der Waals surface area (Å²) in [6.45, 7) is 5.02. The minimum absolute atomic E-state index is 0.0373. The molecule has 1 atom stereocenters. The summed E-state index contributed by atoms with van der Waals surface area (Å²) in [5, 5.41) is 2.77. The summed E-state index contributed by atoms with van der Waals surface area (Å²) in [6, 6.07) is 0. The molecule has 104 valence electrons. The molecule has 1 rings (SSSR count). The Bertz CT molecular complexity index is 283. The van der Waals surface area contributed by atoms with Crippen molar-refractivity contribution in [2.45, 2.75) is 25.9 Å². The maximum Gasteiger partial charge on any atom is 0.306 e. The summed E-state index contributed by atoms with van der Waals surface area (Å²) in [4.78, 5) is 24.7. The number of hydrogen-bond acceptors (Lipinski definition) is 5. The Balaban J connectivity index is 2.11. The summed E-state index contributed by atoms with van der Waals surface area (Å²) >= 11 is 0. The van der Waals surface area contributed by atoms with Gasteiger partial charge in [-0.15, -0.1) is 0 Å². The Labute approximate surface area is 108 Å². The predicted octanol–water partition coefficient (Wildman–Crippen LogP) is -0.223. The zero-order chi connectivity index (χ0) is 13.4. The molecule has 0 aromatic rings. The van der Waals surface area contributed by atoms with E-state index in [4.69, 9.17) is 9.47 Å². The van der Waals surface area contributed by atoms with Crippen molar-refractivity contribution in [2.75, 3.05) is 39.9 Å². The molecule has 1 N–H and O–H groups in total. The van der Waals surface area contributed by atoms with Gasteiger partial charge in [-0.3, -0.25) is 9.59 Å². The maximum atomic E-state index is 11.5. The van der Waals surface area contributed by atoms with Crippen LogP contribution >= 0.6 is 0 Å². The largest absolute Gasteiger partial charge is 0.466 e. The third kappa shape index (κ3) is 5.97. The molecule has 1 amide bonds. The van der Waals surface area contributed by atoms with Crippen LogP contribution in [-0.2, 0) is 19.1 Å². The number of nitrogens with one attached hydrogen (secondary N) is 1. The van der Waals surface area contributed by atoms with E-state index in [2.05, 4.69) is 10.2 Å². The van der Waals surface area contributed by atoms with Crippen LogP contribution in [0.4, 0.5) is 0 Å². The molecule has 1 aliphatic rings. The number of hydrogen-bond donors (Lipinski definition) is 1. The van der Waals surface area contributed by atoms with Gasteiger partial charge >= 0.3 is 5.97 Å². The van der Waals surface area contributed by atoms with E-state index in [-0.39, 0.29) is 30.8 Å². The fourth-order valence-corrected chi connectivity index (χ4v) is 1.76. The molecule has 0 bridgehead atoms. The first-order valence-electron chi connectivity index (χ1n) is 6.34. The quantitative estimate of drug-likeness (QED) is 0.667. The lowest BCUT2D eigenvalue weighted by Gasteiger charge is -2.30. The fraction of sp³-hybridized carbons (Fsp3) is 0.833. The van der Waals surface area contributed by atoms with E-state index in [1.165, 1.54) is 0 Å². The van der Waals surface area contributed by atoms with Crippen molar-refractivity contribution in [2.24, 2.45) is 0 Å². The van der Waals surface area contributed by atoms with Crippen LogP contribution < -0.4 is 5.32 Å². The Morgan fingerprint density at radius 1 is 1.44 bits per heavy atom. The van der Waals surface area contributed by atoms with Crippen LogP contribution in [0.2, 0.25) is 0 Å². The number of likely N-dealkylation sites (N-methyl/N-ethyl adjacent to an activating group) is 1. The van der Waals surface area contributed by atoms with Crippen LogP contribution in [0.3, 0.4) is 0 Å². The molecule has 6 nitrogen and oxygen atoms in total. The summed E-state index contributed by atoms with van der Waals surface area (Å²) in [7, 11) is 2.03. The molecule has 1 aliphatic heterocycles. The third-order valence-corrected chi connectivity index (χ3v) is 2.73. The van der Waals surface area contributed by atoms with Crippen LogP contribution in [0.25, 0.3) is 0 Å². The van der Waals surface area contributed by atoms with Gasteiger partial charge in [0.2, 0.25) is 5.91 Å². The summed E-state index contributed by atoms with van der Waals surface area (Å²) in [6.07, 6.45) is 0.335. The van der Waals surface area contributed by atoms with Gasteiger partial charge in [0, 0.05) is 26.1 Å². The Morgan fingerprint density at radius 3 is 2.89 bits per heavy atom. The second-order valence-electron chi connectivity index (χ2n) is 4.36. The van der Waals surface area contributed by atoms with E-state index in [0.717, 1.165) is 13.1 Å². The predicted molar refractivity (Wildman–Crippen MR) is 66.1 cm³/mol. The highest BCUT2D eigenvalue weighted by Crippen LogP contribution is 2.02. The first kappa shape index (κ1) is 14.9. The lowest BCUT2D eigenvalue weighted by molar-refractivity contribution is -0.144. The number of rotatable bonds is 6. The van der Waals surface area contributed by atoms with Gasteiger partial charge in [0.15, 0.2) is 0 Å². The number of amides is 1. The van der Waals surface area contributed by atoms with Gasteiger partial charge in [0.1, 0.15) is 0 Å². The number of carbonyl (C=O) groups is 2. The molecule has 0 aliphatic carbocycles. The summed E-state index contributed by atoms with van der Waals surface area (Å²) in [5.74, 6) is -0.471. The average Bonchev–Trinajstić information content (AvgIpc) is 2.34. The van der Waals surface area contributed by atoms with Gasteiger partial charge in [0.05, 0.1) is 25.7 Å². The van der Waals surface area contributed by atoms with Gasteiger partial charge in [-0.2, -0.15) is 0 Å². The molecule has 6 heteroatoms. The first-order valence-corrected chi connectivity index (χ1v) is 6.34. The third-order valence-electron chi connectivity index (χ3n) is 2.73. The molecular formula is C12H22N2O4. The van der Waals surface area contributed by atoms with Gasteiger partial charge in [-0.25, -0.2) is 0 Å². The van der Waals surface area contributed by atoms with Crippen molar-refractivity contribution < 1.29 is 19.1 Å². The van der Waals surface area contributed by atoms with E-state index in [1.807, 2.05) is 7.05 Å². The van der Waals surface area contributed by atoms with Crippen LogP contribution in [-0.4, -0.2) is 62.8 Å². The van der Waals surface area contributed by atoms with E-state index < -0.39 is 0 Å². The van der Waals surface area contributed by atoms with Crippen molar-refractivity contribution in [1.29, 1.82) is 0 Å². The van der Waals surface area contributed by atoms with Gasteiger partial charge < -0.3 is 19.7 Å². The van der Waals surface area contributed by atoms with Crippen molar-refractivity contribution in [3.8, 4) is 0 Å². The number of esters is 1. The molecule has 1 unspecified atom stereocenters. The number of nitrogens with zero attached hydrogens (tertiary/aromatic N) is 1. The number of carbonyl (C=O) groups excluding carboxylic acids is 2. The van der Waals surface area contributed by atoms with Crippen molar-refractivity contribution in [3.63, 3.8) is 0 Å². The molecule has 0 aromatic heterocycles. The van der Waals surface area contributed by atoms with E-state index in [0.29, 0.717) is 19.8 Å². The highest BCUT2D eigenvalue weighted by atomic mass is 16.5. The SMILES string of the molecule is CCOC(=O)CCC(=O)NCC1CN(C)CCO1. The molecule has 1 saturated heterocycles. The fourth-order valence-electron chi connectivity index (χ4n) is 1.76. The first-order chi connectivity index (χ1) is 8.61. The normalized spacial score (nSPS) is 20.4. The topological polar surface area (TPSA) is 67.9 Å². The Hall–Kier alpha value is -1.14. The van der Waals surface area contributed by atoms with Crippen molar-refractivity contribution in [3.05, 3.63) is 0 Å². The van der Waals surface area contributed by atoms with Gasteiger partial charge in [-0.05, 0) is 14.0 Å². The van der Waals surface area contributed by atoms with E-state index >= 15 is 0 Å². The maximum absolute atomic E-state index is 11.5. The molecule has 0 saturated carbocycles. The zero-order valence-corrected chi connectivity index (χ0v) is 11.1. The van der Waals surface area contributed by atoms with Gasteiger partial charge in [0.25, 0.3) is 0 Å². The zero-order valence-electron chi connectivity index (χ0n) is 11.1. The lowest BCUT2D eigenvalue weighted by atomic mass is 10.2. The number of morpholine rings is 1. The van der Waals surface area contributed by atoms with Crippen molar-refractivity contribution in [1.82, 2.24) is 10.2 Å². The standard InChI is InChI=1S/C12H22N2O4/c1-3-17-12(16)5-4-11(15)13-8-10-9-14(2)6-7-18-10/h10H,3-9H2,1-2H3,(H,13,15). The minimum Gasteiger partial charge on any atom is -0.466 e. The van der Waals surface area contributed by atoms with Crippen LogP contribution in [0.15, 0.2) is 0 Å². The molecule has 18 heavy (non-hydrogen) atoms. The average molecular weight is 258 g/mol. The molecule has 1 fully saturated rings. The van der Waals surface area contributed by atoms with E-state index in [1.54, 1.807) is 6.92 Å². The van der Waals surface area contributed by atoms with E-state index in [9.17, 15) is 9.59 Å². The molecule has 0 aromatic carbocycles. The second-order valence-corrected chi connectivity index (χ2v) is 4.36. The van der Waals surface area contributed by atoms with Gasteiger partial charge in [-0.1, -0.05) is 0 Å². The Morgan fingerprint density at radius 2 is 2.22 bits per heavy atom. The molecule has 1 heterocycles. The monoisotopic (exact) mass is 258 g/mol. The molecular weight excluding hydrogens is 236 g/mol. The number of ether oxygens (including phenoxy) is 2. The summed E-state index contributed by atoms with van der Waals surface area (Å²) < 4.78 is 10.3. The van der Waals surface area contributed by atoms with Crippen LogP contribution in [0.1, 0.15) is 19.8 Å². The summed E-state index contributed by atoms with van der Waals surface area (Å²) in [5.41, 5.74) is 0. The van der Waals surface area contributed by atoms with Crippen LogP contribution in [0, 0.1) is 0 Å². The molecule has 0 spiro atoms. The molecule has 0 radical (unpaired) electrons. The highest BCUT2D eigenvalue weighted by Gasteiger charge is 2.18. The highest BCUT2D eigenvalue weighted by molar-refractivity contribution is 5.81. The smallest absolute Gasteiger partial charge is 0.306 e. The minimum atomic E-state index is -0.332. The second kappa shape index (κ2) is 8.05.